The number of aliphatic hydroxyl groups is 1. The van der Waals surface area contributed by atoms with E-state index in [1.54, 1.807) is 30.4 Å². The van der Waals surface area contributed by atoms with Gasteiger partial charge in [0.25, 0.3) is 0 Å². The summed E-state index contributed by atoms with van der Waals surface area (Å²) in [6.45, 7) is 5.26. The summed E-state index contributed by atoms with van der Waals surface area (Å²) >= 11 is 0. The zero-order chi connectivity index (χ0) is 9.84. The minimum Gasteiger partial charge on any atom is -0.508 e. The molecule has 0 fully saturated rings. The largest absolute Gasteiger partial charge is 0.508 e. The van der Waals surface area contributed by atoms with Gasteiger partial charge in [-0.25, -0.2) is 0 Å². The topological polar surface area (TPSA) is 40.5 Å². The third kappa shape index (κ3) is 1.90. The number of hydrogen-bond donors (Lipinski definition) is 2. The van der Waals surface area contributed by atoms with Gasteiger partial charge >= 0.3 is 0 Å². The molecule has 1 aromatic carbocycles. The first-order chi connectivity index (χ1) is 6.16. The number of phenolic OH excluding ortho intramolecular Hbond substituents is 1. The van der Waals surface area contributed by atoms with Crippen molar-refractivity contribution >= 4 is 11.8 Å². The zero-order valence-corrected chi connectivity index (χ0v) is 7.49. The zero-order valence-electron chi connectivity index (χ0n) is 7.49. The lowest BCUT2D eigenvalue weighted by molar-refractivity contribution is 0.471. The molecule has 2 heteroatoms. The van der Waals surface area contributed by atoms with Crippen LogP contribution >= 0.6 is 0 Å². The quantitative estimate of drug-likeness (QED) is 0.680. The number of phenols is 1. The van der Waals surface area contributed by atoms with E-state index in [-0.39, 0.29) is 11.5 Å². The number of aromatic hydroxyl groups is 1. The number of rotatable bonds is 2. The molecule has 0 saturated carbocycles. The number of allylic oxidation sites excluding steroid dienone is 1. The number of aliphatic hydroxyl groups excluding tert-OH is 1. The fraction of sp³-hybridized carbons (Fsp3) is 0.0909. The van der Waals surface area contributed by atoms with Crippen molar-refractivity contribution in [2.24, 2.45) is 0 Å². The lowest BCUT2D eigenvalue weighted by Crippen LogP contribution is -1.86. The standard InChI is InChI=1S/C11H12O2/c1-3-5-10-9(8(2)12)6-4-7-11(10)13/h3-7,12-13H,2H2,1H3/b5-3-. The van der Waals surface area contributed by atoms with Crippen LogP contribution < -0.4 is 0 Å². The Morgan fingerprint density at radius 1 is 1.46 bits per heavy atom. The van der Waals surface area contributed by atoms with E-state index in [1.165, 1.54) is 0 Å². The van der Waals surface area contributed by atoms with Crippen LogP contribution in [0, 0.1) is 0 Å². The smallest absolute Gasteiger partial charge is 0.123 e. The van der Waals surface area contributed by atoms with E-state index in [1.807, 2.05) is 6.92 Å². The maximum Gasteiger partial charge on any atom is 0.123 e. The molecule has 0 spiro atoms. The van der Waals surface area contributed by atoms with Gasteiger partial charge in [-0.3, -0.25) is 0 Å². The maximum absolute atomic E-state index is 9.47. The third-order valence-electron chi connectivity index (χ3n) is 1.73. The molecule has 0 radical (unpaired) electrons. The van der Waals surface area contributed by atoms with Crippen LogP contribution in [0.1, 0.15) is 18.1 Å². The van der Waals surface area contributed by atoms with Gasteiger partial charge in [0.05, 0.1) is 0 Å². The number of hydrogen-bond acceptors (Lipinski definition) is 2. The van der Waals surface area contributed by atoms with Crippen LogP contribution in [0.15, 0.2) is 30.9 Å². The third-order valence-corrected chi connectivity index (χ3v) is 1.73. The van der Waals surface area contributed by atoms with E-state index in [0.29, 0.717) is 11.1 Å². The summed E-state index contributed by atoms with van der Waals surface area (Å²) in [5.41, 5.74) is 1.15. The van der Waals surface area contributed by atoms with Crippen LogP contribution in [-0.2, 0) is 0 Å². The molecule has 68 valence electrons. The first-order valence-electron chi connectivity index (χ1n) is 3.99. The molecule has 0 aliphatic carbocycles. The molecule has 13 heavy (non-hydrogen) atoms. The van der Waals surface area contributed by atoms with Crippen molar-refractivity contribution in [3.05, 3.63) is 42.0 Å². The highest BCUT2D eigenvalue weighted by molar-refractivity contribution is 5.72. The van der Waals surface area contributed by atoms with Crippen molar-refractivity contribution < 1.29 is 10.2 Å². The average Bonchev–Trinajstić information content (AvgIpc) is 2.08. The average molecular weight is 176 g/mol. The van der Waals surface area contributed by atoms with Gasteiger partial charge in [-0.15, -0.1) is 0 Å². The Morgan fingerprint density at radius 3 is 2.69 bits per heavy atom. The first-order valence-corrected chi connectivity index (χ1v) is 3.99. The summed E-state index contributed by atoms with van der Waals surface area (Å²) in [4.78, 5) is 0. The molecule has 0 aromatic heterocycles. The summed E-state index contributed by atoms with van der Waals surface area (Å²) in [6.07, 6.45) is 3.52. The van der Waals surface area contributed by atoms with Crippen molar-refractivity contribution in [3.63, 3.8) is 0 Å². The highest BCUT2D eigenvalue weighted by Crippen LogP contribution is 2.25. The summed E-state index contributed by atoms with van der Waals surface area (Å²) in [5, 5.41) is 18.7. The van der Waals surface area contributed by atoms with Crippen LogP contribution in [0.5, 0.6) is 5.75 Å². The van der Waals surface area contributed by atoms with E-state index < -0.39 is 0 Å². The summed E-state index contributed by atoms with van der Waals surface area (Å²) in [6, 6.07) is 4.94. The second kappa shape index (κ2) is 3.81. The molecule has 2 N–H and O–H groups in total. The molecular weight excluding hydrogens is 164 g/mol. The summed E-state index contributed by atoms with van der Waals surface area (Å²) < 4.78 is 0. The molecule has 0 aliphatic rings. The Morgan fingerprint density at radius 2 is 2.15 bits per heavy atom. The fourth-order valence-electron chi connectivity index (χ4n) is 1.15. The fourth-order valence-corrected chi connectivity index (χ4v) is 1.15. The van der Waals surface area contributed by atoms with Gasteiger partial charge in [0.15, 0.2) is 0 Å². The highest BCUT2D eigenvalue weighted by Gasteiger charge is 2.05. The lowest BCUT2D eigenvalue weighted by Gasteiger charge is -2.05. The van der Waals surface area contributed by atoms with Crippen LogP contribution in [-0.4, -0.2) is 10.2 Å². The van der Waals surface area contributed by atoms with Crippen LogP contribution in [0.2, 0.25) is 0 Å². The minimum atomic E-state index is -0.0380. The van der Waals surface area contributed by atoms with Crippen LogP contribution in [0.4, 0.5) is 0 Å². The minimum absolute atomic E-state index is 0.0380. The monoisotopic (exact) mass is 176 g/mol. The van der Waals surface area contributed by atoms with Crippen molar-refractivity contribution in [3.8, 4) is 5.75 Å². The molecule has 0 unspecified atom stereocenters. The normalized spacial score (nSPS) is 10.5. The molecule has 0 saturated heterocycles. The van der Waals surface area contributed by atoms with Gasteiger partial charge in [0, 0.05) is 11.1 Å². The molecule has 2 nitrogen and oxygen atoms in total. The van der Waals surface area contributed by atoms with E-state index in [9.17, 15) is 10.2 Å². The van der Waals surface area contributed by atoms with Crippen molar-refractivity contribution in [2.45, 2.75) is 6.92 Å². The van der Waals surface area contributed by atoms with Gasteiger partial charge in [-0.1, -0.05) is 30.9 Å². The van der Waals surface area contributed by atoms with Gasteiger partial charge < -0.3 is 10.2 Å². The summed E-state index contributed by atoms with van der Waals surface area (Å²) in [5.74, 6) is 0.106. The number of benzene rings is 1. The predicted octanol–water partition coefficient (Wildman–Crippen LogP) is 2.95. The maximum atomic E-state index is 9.47. The van der Waals surface area contributed by atoms with Crippen LogP contribution in [0.25, 0.3) is 11.8 Å². The Kier molecular flexibility index (Phi) is 2.75. The second-order valence-electron chi connectivity index (χ2n) is 2.69. The van der Waals surface area contributed by atoms with E-state index in [2.05, 4.69) is 6.58 Å². The Hall–Kier alpha value is -1.70. The van der Waals surface area contributed by atoms with Gasteiger partial charge in [-0.05, 0) is 13.0 Å². The highest BCUT2D eigenvalue weighted by atomic mass is 16.3. The summed E-state index contributed by atoms with van der Waals surface area (Å²) in [7, 11) is 0. The van der Waals surface area contributed by atoms with E-state index in [4.69, 9.17) is 0 Å². The molecule has 0 atom stereocenters. The predicted molar refractivity (Wildman–Crippen MR) is 54.5 cm³/mol. The van der Waals surface area contributed by atoms with Gasteiger partial charge in [-0.2, -0.15) is 0 Å². The lowest BCUT2D eigenvalue weighted by atomic mass is 10.0. The SMILES string of the molecule is C=C(O)c1cccc(O)c1/C=C\C. The molecule has 1 rings (SSSR count). The Balaban J connectivity index is 3.33. The molecular formula is C11H12O2. The van der Waals surface area contributed by atoms with Crippen molar-refractivity contribution in [1.82, 2.24) is 0 Å². The van der Waals surface area contributed by atoms with Crippen molar-refractivity contribution in [1.29, 1.82) is 0 Å². The molecule has 1 aromatic rings. The Bertz CT molecular complexity index is 351. The van der Waals surface area contributed by atoms with Crippen molar-refractivity contribution in [2.75, 3.05) is 0 Å². The molecule has 0 aliphatic heterocycles. The van der Waals surface area contributed by atoms with Crippen LogP contribution in [0.3, 0.4) is 0 Å². The second-order valence-corrected chi connectivity index (χ2v) is 2.69. The molecule has 0 bridgehead atoms. The molecule has 0 heterocycles. The van der Waals surface area contributed by atoms with Gasteiger partial charge in [0.1, 0.15) is 11.5 Å². The van der Waals surface area contributed by atoms with Gasteiger partial charge in [0.2, 0.25) is 0 Å². The van der Waals surface area contributed by atoms with E-state index in [0.717, 1.165) is 0 Å². The Labute approximate surface area is 77.5 Å². The first kappa shape index (κ1) is 9.39. The van der Waals surface area contributed by atoms with E-state index >= 15 is 0 Å². The molecule has 0 amide bonds.